The van der Waals surface area contributed by atoms with Gasteiger partial charge in [-0.2, -0.15) is 0 Å². The molecule has 0 spiro atoms. The Bertz CT molecular complexity index is 1010. The maximum atomic E-state index is 13.1. The van der Waals surface area contributed by atoms with Gasteiger partial charge in [-0.25, -0.2) is 12.8 Å². The maximum absolute atomic E-state index is 13.1. The number of halogens is 1. The Morgan fingerprint density at radius 3 is 2.34 bits per heavy atom. The average molecular weight is 421 g/mol. The van der Waals surface area contributed by atoms with Crippen LogP contribution >= 0.6 is 0 Å². The number of nitrogens with one attached hydrogen (secondary N) is 2. The van der Waals surface area contributed by atoms with Gasteiger partial charge in [0.2, 0.25) is 15.9 Å². The predicted octanol–water partition coefficient (Wildman–Crippen LogP) is 3.07. The number of rotatable bonds is 7. The minimum atomic E-state index is -3.57. The van der Waals surface area contributed by atoms with Crippen molar-refractivity contribution in [3.05, 3.63) is 65.0 Å². The minimum Gasteiger partial charge on any atom is -0.478 e. The molecular formula is C20H24FN3O4S. The summed E-state index contributed by atoms with van der Waals surface area (Å²) < 4.78 is 43.2. The van der Waals surface area contributed by atoms with E-state index in [1.807, 2.05) is 0 Å². The molecule has 2 rings (SSSR count). The van der Waals surface area contributed by atoms with Gasteiger partial charge in [0.1, 0.15) is 5.82 Å². The molecule has 0 saturated carbocycles. The van der Waals surface area contributed by atoms with Crippen molar-refractivity contribution in [2.45, 2.75) is 19.9 Å². The van der Waals surface area contributed by atoms with Crippen molar-refractivity contribution in [2.75, 3.05) is 24.2 Å². The number of amides is 1. The monoisotopic (exact) mass is 421 g/mol. The first-order valence-corrected chi connectivity index (χ1v) is 10.7. The molecule has 7 nitrogen and oxygen atoms in total. The van der Waals surface area contributed by atoms with Crippen LogP contribution in [-0.4, -0.2) is 40.1 Å². The zero-order chi connectivity index (χ0) is 21.8. The zero-order valence-electron chi connectivity index (χ0n) is 16.7. The Balaban J connectivity index is 2.38. The second-order valence-electron chi connectivity index (χ2n) is 6.51. The topological polar surface area (TPSA) is 99.6 Å². The minimum absolute atomic E-state index is 0.170. The molecule has 0 bridgehead atoms. The predicted molar refractivity (Wildman–Crippen MR) is 110 cm³/mol. The highest BCUT2D eigenvalue weighted by atomic mass is 32.2. The molecule has 0 aliphatic heterocycles. The molecule has 9 heteroatoms. The number of ether oxygens (including phenoxy) is 1. The van der Waals surface area contributed by atoms with Crippen LogP contribution in [0.1, 0.15) is 41.4 Å². The van der Waals surface area contributed by atoms with E-state index >= 15 is 0 Å². The normalized spacial score (nSPS) is 12.2. The van der Waals surface area contributed by atoms with Crippen molar-refractivity contribution in [1.82, 2.24) is 5.32 Å². The lowest BCUT2D eigenvalue weighted by Gasteiger charge is -2.20. The summed E-state index contributed by atoms with van der Waals surface area (Å²) in [7, 11) is -2.21. The van der Waals surface area contributed by atoms with Crippen LogP contribution in [0.3, 0.4) is 0 Å². The van der Waals surface area contributed by atoms with Crippen LogP contribution in [0.4, 0.5) is 10.1 Å². The molecule has 0 aliphatic rings. The van der Waals surface area contributed by atoms with Crippen molar-refractivity contribution < 1.29 is 22.3 Å². The Morgan fingerprint density at radius 1 is 1.21 bits per heavy atom. The first kappa shape index (κ1) is 22.4. The molecule has 2 N–H and O–H groups in total. The summed E-state index contributed by atoms with van der Waals surface area (Å²) in [6.07, 6.45) is 1.05. The number of anilines is 1. The van der Waals surface area contributed by atoms with E-state index in [1.165, 1.54) is 37.4 Å². The van der Waals surface area contributed by atoms with Crippen LogP contribution < -0.4 is 9.62 Å². The van der Waals surface area contributed by atoms with E-state index in [0.717, 1.165) is 10.6 Å². The summed E-state index contributed by atoms with van der Waals surface area (Å²) in [6, 6.07) is 9.71. The van der Waals surface area contributed by atoms with Crippen molar-refractivity contribution in [3.63, 3.8) is 0 Å². The van der Waals surface area contributed by atoms with E-state index in [-0.39, 0.29) is 35.1 Å². The zero-order valence-corrected chi connectivity index (χ0v) is 17.5. The van der Waals surface area contributed by atoms with Gasteiger partial charge in [0.15, 0.2) is 0 Å². The molecule has 1 atom stereocenters. The lowest BCUT2D eigenvalue weighted by molar-refractivity contribution is 0.0940. The molecule has 0 radical (unpaired) electrons. The Hall–Kier alpha value is -2.94. The highest BCUT2D eigenvalue weighted by molar-refractivity contribution is 7.92. The lowest BCUT2D eigenvalue weighted by atomic mass is 10.1. The summed E-state index contributed by atoms with van der Waals surface area (Å²) >= 11 is 0. The molecule has 1 amide bonds. The van der Waals surface area contributed by atoms with E-state index in [2.05, 4.69) is 5.32 Å². The largest absolute Gasteiger partial charge is 0.478 e. The summed E-state index contributed by atoms with van der Waals surface area (Å²) in [5.74, 6) is -1.00. The van der Waals surface area contributed by atoms with Crippen LogP contribution in [0.15, 0.2) is 42.5 Å². The van der Waals surface area contributed by atoms with Gasteiger partial charge in [0.05, 0.1) is 24.6 Å². The van der Waals surface area contributed by atoms with E-state index < -0.39 is 22.0 Å². The van der Waals surface area contributed by atoms with Gasteiger partial charge in [0.25, 0.3) is 5.91 Å². The number of hydrogen-bond donors (Lipinski definition) is 2. The Morgan fingerprint density at radius 2 is 1.79 bits per heavy atom. The van der Waals surface area contributed by atoms with E-state index in [1.54, 1.807) is 26.0 Å². The second-order valence-corrected chi connectivity index (χ2v) is 8.52. The summed E-state index contributed by atoms with van der Waals surface area (Å²) in [5.41, 5.74) is 1.39. The van der Waals surface area contributed by atoms with Crippen LogP contribution in [0.2, 0.25) is 0 Å². The Kier molecular flexibility index (Phi) is 6.97. The van der Waals surface area contributed by atoms with Gasteiger partial charge in [-0.15, -0.1) is 0 Å². The van der Waals surface area contributed by atoms with E-state index in [4.69, 9.17) is 10.1 Å². The number of hydrogen-bond acceptors (Lipinski definition) is 5. The summed E-state index contributed by atoms with van der Waals surface area (Å²) in [5, 5.41) is 10.8. The third-order valence-electron chi connectivity index (χ3n) is 4.31. The standard InChI is InChI=1S/C20H24FN3O4S/c1-5-28-19(22)15-10-16(12-18(11-15)24(3)29(4,26)27)20(25)23-13(2)14-6-8-17(21)9-7-14/h6-13,22H,5H2,1-4H3,(H,23,25). The van der Waals surface area contributed by atoms with Gasteiger partial charge in [-0.05, 0) is 49.7 Å². The molecule has 2 aromatic rings. The molecule has 156 valence electrons. The van der Waals surface area contributed by atoms with Gasteiger partial charge in [0, 0.05) is 18.2 Å². The summed E-state index contributed by atoms with van der Waals surface area (Å²) in [6.45, 7) is 3.73. The van der Waals surface area contributed by atoms with Gasteiger partial charge < -0.3 is 10.1 Å². The molecule has 1 unspecified atom stereocenters. The lowest BCUT2D eigenvalue weighted by Crippen LogP contribution is -2.28. The molecule has 29 heavy (non-hydrogen) atoms. The SMILES string of the molecule is CCOC(=N)c1cc(C(=O)NC(C)c2ccc(F)cc2)cc(N(C)S(C)(=O)=O)c1. The second kappa shape index (κ2) is 9.04. The van der Waals surface area contributed by atoms with Crippen molar-refractivity contribution in [3.8, 4) is 0 Å². The fraction of sp³-hybridized carbons (Fsp3) is 0.300. The number of sulfonamides is 1. The van der Waals surface area contributed by atoms with Crippen molar-refractivity contribution in [2.24, 2.45) is 0 Å². The number of nitrogens with zero attached hydrogens (tertiary/aromatic N) is 1. The third-order valence-corrected chi connectivity index (χ3v) is 5.52. The highest BCUT2D eigenvalue weighted by Crippen LogP contribution is 2.22. The quantitative estimate of drug-likeness (QED) is 0.530. The van der Waals surface area contributed by atoms with Crippen molar-refractivity contribution >= 4 is 27.5 Å². The molecule has 0 fully saturated rings. The van der Waals surface area contributed by atoms with Crippen LogP contribution in [0, 0.1) is 11.2 Å². The van der Waals surface area contributed by atoms with Gasteiger partial charge >= 0.3 is 0 Å². The van der Waals surface area contributed by atoms with Crippen molar-refractivity contribution in [1.29, 1.82) is 5.41 Å². The molecule has 0 saturated heterocycles. The Labute approximate surface area is 170 Å². The molecule has 0 aromatic heterocycles. The third kappa shape index (κ3) is 5.77. The van der Waals surface area contributed by atoms with Crippen LogP contribution in [-0.2, 0) is 14.8 Å². The number of carbonyl (C=O) groups is 1. The average Bonchev–Trinajstić information content (AvgIpc) is 2.66. The molecule has 2 aromatic carbocycles. The smallest absolute Gasteiger partial charge is 0.251 e. The van der Waals surface area contributed by atoms with E-state index in [9.17, 15) is 17.6 Å². The van der Waals surface area contributed by atoms with Crippen LogP contribution in [0.25, 0.3) is 0 Å². The highest BCUT2D eigenvalue weighted by Gasteiger charge is 2.19. The molecule has 0 heterocycles. The van der Waals surface area contributed by atoms with E-state index in [0.29, 0.717) is 5.56 Å². The van der Waals surface area contributed by atoms with Gasteiger partial charge in [-0.3, -0.25) is 14.5 Å². The first-order chi connectivity index (χ1) is 13.5. The maximum Gasteiger partial charge on any atom is 0.251 e. The molecular weight excluding hydrogens is 397 g/mol. The molecule has 0 aliphatic carbocycles. The summed E-state index contributed by atoms with van der Waals surface area (Å²) in [4.78, 5) is 12.8. The number of benzene rings is 2. The fourth-order valence-corrected chi connectivity index (χ4v) is 3.08. The first-order valence-electron chi connectivity index (χ1n) is 8.90. The number of carbonyl (C=O) groups excluding carboxylic acids is 1. The van der Waals surface area contributed by atoms with Gasteiger partial charge in [-0.1, -0.05) is 12.1 Å². The van der Waals surface area contributed by atoms with Crippen LogP contribution in [0.5, 0.6) is 0 Å². The fourth-order valence-electron chi connectivity index (χ4n) is 2.59.